The summed E-state index contributed by atoms with van der Waals surface area (Å²) in [6.07, 6.45) is 2.42. The van der Waals surface area contributed by atoms with E-state index in [1.165, 1.54) is 11.8 Å². The van der Waals surface area contributed by atoms with Crippen molar-refractivity contribution in [3.63, 3.8) is 0 Å². The van der Waals surface area contributed by atoms with Gasteiger partial charge in [-0.1, -0.05) is 18.2 Å². The van der Waals surface area contributed by atoms with E-state index in [1.807, 2.05) is 24.3 Å². The summed E-state index contributed by atoms with van der Waals surface area (Å²) in [5.41, 5.74) is 2.12. The van der Waals surface area contributed by atoms with E-state index in [9.17, 15) is 5.11 Å². The van der Waals surface area contributed by atoms with Gasteiger partial charge in [0.1, 0.15) is 11.5 Å². The average Bonchev–Trinajstić information content (AvgIpc) is 2.47. The highest BCUT2D eigenvalue weighted by Crippen LogP contribution is 2.31. The standard InChI is InChI=1S/C15H16N2O2/c18-12-6-5-11(16-10-12)9-17-14-7-8-19-15-4-2-1-3-13(14)15/h1-6,10,14,17-18H,7-9H2. The molecule has 98 valence electrons. The van der Waals surface area contributed by atoms with Crippen LogP contribution < -0.4 is 10.1 Å². The maximum atomic E-state index is 9.20. The molecule has 1 aliphatic heterocycles. The summed E-state index contributed by atoms with van der Waals surface area (Å²) < 4.78 is 5.63. The maximum Gasteiger partial charge on any atom is 0.133 e. The fourth-order valence-corrected chi connectivity index (χ4v) is 2.30. The smallest absolute Gasteiger partial charge is 0.133 e. The van der Waals surface area contributed by atoms with Crippen LogP contribution in [-0.2, 0) is 6.54 Å². The summed E-state index contributed by atoms with van der Waals surface area (Å²) >= 11 is 0. The lowest BCUT2D eigenvalue weighted by molar-refractivity contribution is 0.252. The van der Waals surface area contributed by atoms with Gasteiger partial charge in [-0.2, -0.15) is 0 Å². The lowest BCUT2D eigenvalue weighted by atomic mass is 10.0. The van der Waals surface area contributed by atoms with Crippen LogP contribution >= 0.6 is 0 Å². The minimum absolute atomic E-state index is 0.195. The molecule has 2 N–H and O–H groups in total. The van der Waals surface area contributed by atoms with E-state index in [0.29, 0.717) is 12.6 Å². The molecule has 1 unspecified atom stereocenters. The van der Waals surface area contributed by atoms with Crippen molar-refractivity contribution in [2.75, 3.05) is 6.61 Å². The Bertz CT molecular complexity index is 554. The molecule has 0 saturated heterocycles. The largest absolute Gasteiger partial charge is 0.506 e. The van der Waals surface area contributed by atoms with Crippen LogP contribution in [0.5, 0.6) is 11.5 Å². The van der Waals surface area contributed by atoms with Gasteiger partial charge < -0.3 is 15.2 Å². The monoisotopic (exact) mass is 256 g/mol. The lowest BCUT2D eigenvalue weighted by Crippen LogP contribution is -2.26. The van der Waals surface area contributed by atoms with E-state index >= 15 is 0 Å². The van der Waals surface area contributed by atoms with Crippen LogP contribution in [0.15, 0.2) is 42.6 Å². The molecule has 2 aromatic rings. The molecule has 0 fully saturated rings. The number of para-hydroxylation sites is 1. The van der Waals surface area contributed by atoms with Gasteiger partial charge in [0.2, 0.25) is 0 Å². The van der Waals surface area contributed by atoms with Crippen molar-refractivity contribution in [1.29, 1.82) is 0 Å². The van der Waals surface area contributed by atoms with Crippen LogP contribution in [0.2, 0.25) is 0 Å². The number of hydrogen-bond acceptors (Lipinski definition) is 4. The number of fused-ring (bicyclic) bond motifs is 1. The predicted octanol–water partition coefficient (Wildman–Crippen LogP) is 2.40. The second kappa shape index (κ2) is 5.28. The summed E-state index contributed by atoms with van der Waals surface area (Å²) in [6.45, 7) is 1.41. The second-order valence-corrected chi connectivity index (χ2v) is 4.62. The highest BCUT2D eigenvalue weighted by molar-refractivity contribution is 5.37. The summed E-state index contributed by atoms with van der Waals surface area (Å²) in [5, 5.41) is 12.7. The number of hydrogen-bond donors (Lipinski definition) is 2. The Morgan fingerprint density at radius 1 is 1.26 bits per heavy atom. The van der Waals surface area contributed by atoms with Crippen LogP contribution in [0, 0.1) is 0 Å². The van der Waals surface area contributed by atoms with Crippen molar-refractivity contribution in [2.45, 2.75) is 19.0 Å². The van der Waals surface area contributed by atoms with Gasteiger partial charge in [0.15, 0.2) is 0 Å². The molecular weight excluding hydrogens is 240 g/mol. The molecular formula is C15H16N2O2. The first-order valence-electron chi connectivity index (χ1n) is 6.42. The number of benzene rings is 1. The minimum Gasteiger partial charge on any atom is -0.506 e. The van der Waals surface area contributed by atoms with Gasteiger partial charge in [0.25, 0.3) is 0 Å². The Kier molecular flexibility index (Phi) is 3.33. The zero-order valence-corrected chi connectivity index (χ0v) is 10.5. The van der Waals surface area contributed by atoms with Crippen molar-refractivity contribution in [3.05, 3.63) is 53.9 Å². The highest BCUT2D eigenvalue weighted by Gasteiger charge is 2.20. The van der Waals surface area contributed by atoms with Gasteiger partial charge in [-0.3, -0.25) is 4.98 Å². The van der Waals surface area contributed by atoms with Crippen molar-refractivity contribution >= 4 is 0 Å². The molecule has 0 spiro atoms. The molecule has 1 atom stereocenters. The number of aromatic hydroxyl groups is 1. The van der Waals surface area contributed by atoms with E-state index in [4.69, 9.17) is 4.74 Å². The third-order valence-corrected chi connectivity index (χ3v) is 3.30. The van der Waals surface area contributed by atoms with Gasteiger partial charge in [-0.15, -0.1) is 0 Å². The van der Waals surface area contributed by atoms with Gasteiger partial charge >= 0.3 is 0 Å². The number of rotatable bonds is 3. The van der Waals surface area contributed by atoms with Crippen molar-refractivity contribution in [3.8, 4) is 11.5 Å². The third kappa shape index (κ3) is 2.69. The molecule has 1 aromatic heterocycles. The molecule has 2 heterocycles. The van der Waals surface area contributed by atoms with E-state index in [-0.39, 0.29) is 5.75 Å². The maximum absolute atomic E-state index is 9.20. The molecule has 0 bridgehead atoms. The summed E-state index contributed by atoms with van der Waals surface area (Å²) in [7, 11) is 0. The van der Waals surface area contributed by atoms with Gasteiger partial charge in [0.05, 0.1) is 18.5 Å². The molecule has 0 radical (unpaired) electrons. The Labute approximate surface area is 112 Å². The molecule has 0 saturated carbocycles. The number of nitrogens with zero attached hydrogens (tertiary/aromatic N) is 1. The van der Waals surface area contributed by atoms with Gasteiger partial charge in [-0.05, 0) is 18.2 Å². The van der Waals surface area contributed by atoms with E-state index in [1.54, 1.807) is 6.07 Å². The van der Waals surface area contributed by atoms with Gasteiger partial charge in [0, 0.05) is 24.6 Å². The Hall–Kier alpha value is -2.07. The first-order valence-corrected chi connectivity index (χ1v) is 6.42. The predicted molar refractivity (Wildman–Crippen MR) is 72.0 cm³/mol. The van der Waals surface area contributed by atoms with Crippen molar-refractivity contribution < 1.29 is 9.84 Å². The normalized spacial score (nSPS) is 17.6. The quantitative estimate of drug-likeness (QED) is 0.885. The van der Waals surface area contributed by atoms with Crippen LogP contribution in [0.25, 0.3) is 0 Å². The molecule has 0 aliphatic carbocycles. The van der Waals surface area contributed by atoms with E-state index in [2.05, 4.69) is 16.4 Å². The molecule has 4 nitrogen and oxygen atoms in total. The molecule has 19 heavy (non-hydrogen) atoms. The van der Waals surface area contributed by atoms with Crippen LogP contribution in [0.1, 0.15) is 23.7 Å². The average molecular weight is 256 g/mol. The second-order valence-electron chi connectivity index (χ2n) is 4.62. The molecule has 1 aromatic carbocycles. The third-order valence-electron chi connectivity index (χ3n) is 3.30. The summed E-state index contributed by atoms with van der Waals surface area (Å²) in [6, 6.07) is 11.9. The highest BCUT2D eigenvalue weighted by atomic mass is 16.5. The summed E-state index contributed by atoms with van der Waals surface area (Å²) in [4.78, 5) is 4.17. The molecule has 1 aliphatic rings. The number of nitrogens with one attached hydrogen (secondary N) is 1. The fourth-order valence-electron chi connectivity index (χ4n) is 2.30. The number of ether oxygens (including phenoxy) is 1. The van der Waals surface area contributed by atoms with Crippen LogP contribution in [0.4, 0.5) is 0 Å². The molecule has 0 amide bonds. The van der Waals surface area contributed by atoms with Crippen LogP contribution in [-0.4, -0.2) is 16.7 Å². The Morgan fingerprint density at radius 2 is 2.16 bits per heavy atom. The first-order chi connectivity index (χ1) is 9.33. The molecule has 3 rings (SSSR count). The lowest BCUT2D eigenvalue weighted by Gasteiger charge is -2.26. The van der Waals surface area contributed by atoms with Crippen molar-refractivity contribution in [2.24, 2.45) is 0 Å². The summed E-state index contributed by atoms with van der Waals surface area (Å²) in [5.74, 6) is 1.16. The zero-order chi connectivity index (χ0) is 13.1. The number of pyridine rings is 1. The fraction of sp³-hybridized carbons (Fsp3) is 0.267. The molecule has 4 heteroatoms. The van der Waals surface area contributed by atoms with Gasteiger partial charge in [-0.25, -0.2) is 0 Å². The topological polar surface area (TPSA) is 54.4 Å². The first kappa shape index (κ1) is 12.0. The number of aromatic nitrogens is 1. The zero-order valence-electron chi connectivity index (χ0n) is 10.5. The Balaban J connectivity index is 1.69. The SMILES string of the molecule is Oc1ccc(CNC2CCOc3ccccc32)nc1. The van der Waals surface area contributed by atoms with E-state index in [0.717, 1.165) is 24.5 Å². The minimum atomic E-state index is 0.195. The van der Waals surface area contributed by atoms with Crippen LogP contribution in [0.3, 0.4) is 0 Å². The Morgan fingerprint density at radius 3 is 3.00 bits per heavy atom. The van der Waals surface area contributed by atoms with Crippen molar-refractivity contribution in [1.82, 2.24) is 10.3 Å². The van der Waals surface area contributed by atoms with E-state index < -0.39 is 0 Å².